The van der Waals surface area contributed by atoms with Crippen molar-refractivity contribution in [2.24, 2.45) is 0 Å². The maximum atomic E-state index is 11.7. The van der Waals surface area contributed by atoms with Crippen molar-refractivity contribution in [3.8, 4) is 0 Å². The fourth-order valence-electron chi connectivity index (χ4n) is 2.95. The minimum atomic E-state index is -0.477. The van der Waals surface area contributed by atoms with E-state index >= 15 is 0 Å². The quantitative estimate of drug-likeness (QED) is 0.736. The summed E-state index contributed by atoms with van der Waals surface area (Å²) in [5.74, 6) is -0.139. The van der Waals surface area contributed by atoms with Crippen LogP contribution < -0.4 is 0 Å². The fourth-order valence-corrected chi connectivity index (χ4v) is 2.95. The highest BCUT2D eigenvalue weighted by Crippen LogP contribution is 2.25. The lowest BCUT2D eigenvalue weighted by Gasteiger charge is -2.17. The highest BCUT2D eigenvalue weighted by atomic mass is 16.5. The number of aryl methyl sites for hydroxylation is 1. The lowest BCUT2D eigenvalue weighted by Crippen LogP contribution is -2.15. The first-order valence-corrected chi connectivity index (χ1v) is 8.12. The molecule has 1 N–H and O–H groups in total. The number of carbonyl (C=O) groups is 1. The topological polar surface area (TPSA) is 46.5 Å². The van der Waals surface area contributed by atoms with E-state index in [0.29, 0.717) is 19.3 Å². The van der Waals surface area contributed by atoms with E-state index in [-0.39, 0.29) is 12.1 Å². The summed E-state index contributed by atoms with van der Waals surface area (Å²) in [6.45, 7) is 1.97. The van der Waals surface area contributed by atoms with Crippen molar-refractivity contribution < 1.29 is 14.6 Å². The predicted molar refractivity (Wildman–Crippen MR) is 83.0 cm³/mol. The Labute approximate surface area is 127 Å². The zero-order valence-electron chi connectivity index (χ0n) is 12.9. The van der Waals surface area contributed by atoms with E-state index in [4.69, 9.17) is 4.74 Å². The third-order valence-corrected chi connectivity index (χ3v) is 4.16. The van der Waals surface area contributed by atoms with E-state index in [9.17, 15) is 9.90 Å². The van der Waals surface area contributed by atoms with E-state index < -0.39 is 6.10 Å². The average Bonchev–Trinajstić information content (AvgIpc) is 2.46. The van der Waals surface area contributed by atoms with Crippen LogP contribution in [0.1, 0.15) is 69.1 Å². The summed E-state index contributed by atoms with van der Waals surface area (Å²) in [5.41, 5.74) is 2.27. The number of hydrogen-bond acceptors (Lipinski definition) is 3. The van der Waals surface area contributed by atoms with Crippen molar-refractivity contribution in [1.82, 2.24) is 0 Å². The van der Waals surface area contributed by atoms with E-state index in [1.54, 1.807) is 0 Å². The normalized spacial score (nSPS) is 25.5. The summed E-state index contributed by atoms with van der Waals surface area (Å²) in [4.78, 5) is 11.7. The molecular formula is C18H26O3. The Balaban J connectivity index is 2.05. The number of aliphatic hydroxyl groups is 1. The molecule has 3 nitrogen and oxygen atoms in total. The second-order valence-electron chi connectivity index (χ2n) is 6.01. The Morgan fingerprint density at radius 3 is 2.71 bits per heavy atom. The lowest BCUT2D eigenvalue weighted by molar-refractivity contribution is -0.148. The van der Waals surface area contributed by atoms with Gasteiger partial charge < -0.3 is 9.84 Å². The molecule has 1 aliphatic rings. The van der Waals surface area contributed by atoms with Crippen LogP contribution in [0.4, 0.5) is 0 Å². The molecule has 1 aliphatic heterocycles. The van der Waals surface area contributed by atoms with Crippen LogP contribution in [0.3, 0.4) is 0 Å². The van der Waals surface area contributed by atoms with Crippen LogP contribution in [-0.2, 0) is 16.0 Å². The van der Waals surface area contributed by atoms with Crippen LogP contribution in [0.15, 0.2) is 24.3 Å². The van der Waals surface area contributed by atoms with E-state index in [2.05, 4.69) is 6.07 Å². The highest BCUT2D eigenvalue weighted by molar-refractivity contribution is 5.69. The number of carbonyl (C=O) groups excluding carboxylic acids is 1. The minimum absolute atomic E-state index is 0.0117. The van der Waals surface area contributed by atoms with Gasteiger partial charge in [0.25, 0.3) is 0 Å². The highest BCUT2D eigenvalue weighted by Gasteiger charge is 2.15. The molecule has 0 saturated heterocycles. The first-order valence-electron chi connectivity index (χ1n) is 8.12. The molecule has 116 valence electrons. The minimum Gasteiger partial charge on any atom is -0.463 e. The molecule has 0 saturated carbocycles. The number of fused-ring (bicyclic) bond motifs is 1. The lowest BCUT2D eigenvalue weighted by atomic mass is 9.94. The van der Waals surface area contributed by atoms with E-state index in [1.807, 2.05) is 25.1 Å². The Hall–Kier alpha value is -1.35. The zero-order valence-corrected chi connectivity index (χ0v) is 12.9. The maximum absolute atomic E-state index is 11.7. The van der Waals surface area contributed by atoms with Gasteiger partial charge in [0.1, 0.15) is 0 Å². The van der Waals surface area contributed by atoms with Gasteiger partial charge in [-0.25, -0.2) is 0 Å². The molecule has 3 heteroatoms. The van der Waals surface area contributed by atoms with Crippen molar-refractivity contribution in [3.05, 3.63) is 35.4 Å². The number of hydrogen-bond donors (Lipinski definition) is 1. The van der Waals surface area contributed by atoms with Gasteiger partial charge in [0.15, 0.2) is 0 Å². The molecule has 0 spiro atoms. The van der Waals surface area contributed by atoms with E-state index in [0.717, 1.165) is 37.7 Å². The van der Waals surface area contributed by atoms with Crippen molar-refractivity contribution in [3.63, 3.8) is 0 Å². The standard InChI is InChI=1S/C18H26O3/c1-14-8-3-2-4-9-15-10-5-6-11-16(15)17(19)12-7-13-18(20)21-14/h5-6,10-11,14,17,19H,2-4,7-9,12-13H2,1H3/t14-,17+/m1/s1. The van der Waals surface area contributed by atoms with Crippen LogP contribution in [-0.4, -0.2) is 17.2 Å². The average molecular weight is 290 g/mol. The Kier molecular flexibility index (Phi) is 6.24. The summed E-state index contributed by atoms with van der Waals surface area (Å²) in [6, 6.07) is 8.13. The van der Waals surface area contributed by atoms with Gasteiger partial charge in [-0.15, -0.1) is 0 Å². The van der Waals surface area contributed by atoms with Gasteiger partial charge in [0.05, 0.1) is 12.2 Å². The first kappa shape index (κ1) is 16.0. The van der Waals surface area contributed by atoms with Crippen LogP contribution in [0.25, 0.3) is 0 Å². The van der Waals surface area contributed by atoms with Crippen molar-refractivity contribution in [2.45, 2.75) is 70.5 Å². The summed E-state index contributed by atoms with van der Waals surface area (Å²) in [6.07, 6.45) is 6.49. The molecule has 2 rings (SSSR count). The monoisotopic (exact) mass is 290 g/mol. The van der Waals surface area contributed by atoms with Crippen molar-refractivity contribution in [1.29, 1.82) is 0 Å². The largest absolute Gasteiger partial charge is 0.463 e. The third-order valence-electron chi connectivity index (χ3n) is 4.16. The third kappa shape index (κ3) is 5.16. The Morgan fingerprint density at radius 1 is 1.05 bits per heavy atom. The molecule has 1 aromatic carbocycles. The van der Waals surface area contributed by atoms with Gasteiger partial charge in [-0.2, -0.15) is 0 Å². The molecule has 0 amide bonds. The predicted octanol–water partition coefficient (Wildman–Crippen LogP) is 3.94. The Morgan fingerprint density at radius 2 is 1.86 bits per heavy atom. The number of cyclic esters (lactones) is 1. The molecule has 21 heavy (non-hydrogen) atoms. The van der Waals surface area contributed by atoms with Crippen LogP contribution in [0.2, 0.25) is 0 Å². The number of ether oxygens (including phenoxy) is 1. The maximum Gasteiger partial charge on any atom is 0.306 e. The first-order chi connectivity index (χ1) is 10.2. The smallest absolute Gasteiger partial charge is 0.306 e. The molecule has 0 aromatic heterocycles. The molecule has 0 bridgehead atoms. The number of esters is 1. The summed E-state index contributed by atoms with van der Waals surface area (Å²) >= 11 is 0. The van der Waals surface area contributed by atoms with Gasteiger partial charge in [0, 0.05) is 6.42 Å². The van der Waals surface area contributed by atoms with Crippen LogP contribution in [0.5, 0.6) is 0 Å². The summed E-state index contributed by atoms with van der Waals surface area (Å²) in [7, 11) is 0. The van der Waals surface area contributed by atoms with Gasteiger partial charge >= 0.3 is 5.97 Å². The van der Waals surface area contributed by atoms with Gasteiger partial charge in [0.2, 0.25) is 0 Å². The SMILES string of the molecule is C[C@@H]1CCCCCc2ccccc2[C@@H](O)CCCC(=O)O1. The molecular weight excluding hydrogens is 264 g/mol. The Bertz CT molecular complexity index is 456. The van der Waals surface area contributed by atoms with Gasteiger partial charge in [-0.3, -0.25) is 4.79 Å². The molecule has 1 heterocycles. The molecule has 0 radical (unpaired) electrons. The fraction of sp³-hybridized carbons (Fsp3) is 0.611. The van der Waals surface area contributed by atoms with E-state index in [1.165, 1.54) is 5.56 Å². The molecule has 0 aliphatic carbocycles. The zero-order chi connectivity index (χ0) is 15.1. The number of benzene rings is 1. The van der Waals surface area contributed by atoms with Crippen molar-refractivity contribution in [2.75, 3.05) is 0 Å². The second kappa shape index (κ2) is 8.18. The number of rotatable bonds is 0. The summed E-state index contributed by atoms with van der Waals surface area (Å²) < 4.78 is 5.38. The molecule has 0 fully saturated rings. The second-order valence-corrected chi connectivity index (χ2v) is 6.01. The van der Waals surface area contributed by atoms with Gasteiger partial charge in [-0.1, -0.05) is 30.7 Å². The van der Waals surface area contributed by atoms with Crippen LogP contribution in [0, 0.1) is 0 Å². The molecule has 2 atom stereocenters. The summed E-state index contributed by atoms with van der Waals surface area (Å²) in [5, 5.41) is 10.4. The van der Waals surface area contributed by atoms with Gasteiger partial charge in [-0.05, 0) is 56.6 Å². The number of aliphatic hydroxyl groups excluding tert-OH is 1. The van der Waals surface area contributed by atoms with Crippen molar-refractivity contribution >= 4 is 5.97 Å². The van der Waals surface area contributed by atoms with Crippen LogP contribution >= 0.6 is 0 Å². The molecule has 0 unspecified atom stereocenters. The molecule has 1 aromatic rings.